The third-order valence-corrected chi connectivity index (χ3v) is 3.51. The maximum absolute atomic E-state index is 5.88. The molecule has 0 spiro atoms. The highest BCUT2D eigenvalue weighted by Gasteiger charge is 2.26. The Kier molecular flexibility index (Phi) is 2.31. The molecule has 1 aliphatic heterocycles. The van der Waals surface area contributed by atoms with Crippen molar-refractivity contribution in [1.29, 1.82) is 0 Å². The maximum Gasteiger partial charge on any atom is 0.104 e. The minimum atomic E-state index is 0.453. The fourth-order valence-electron chi connectivity index (χ4n) is 2.75. The molecule has 3 N–H and O–H groups in total. The zero-order valence-electron chi connectivity index (χ0n) is 9.37. The second kappa shape index (κ2) is 3.81. The molecule has 1 aromatic carbocycles. The molecule has 0 radical (unpaired) electrons. The number of nitrogens with zero attached hydrogens (tertiary/aromatic N) is 1. The molecule has 1 heterocycles. The summed E-state index contributed by atoms with van der Waals surface area (Å²) >= 11 is 0. The van der Waals surface area contributed by atoms with Crippen LogP contribution in [0.25, 0.3) is 0 Å². The predicted octanol–water partition coefficient (Wildman–Crippen LogP) is 1.69. The highest BCUT2D eigenvalue weighted by atomic mass is 15.1. The fourth-order valence-corrected chi connectivity index (χ4v) is 2.75. The minimum absolute atomic E-state index is 0.453. The van der Waals surface area contributed by atoms with Crippen molar-refractivity contribution in [1.82, 2.24) is 5.32 Å². The molecule has 0 aromatic heterocycles. The second-order valence-corrected chi connectivity index (χ2v) is 4.60. The summed E-state index contributed by atoms with van der Waals surface area (Å²) in [7, 11) is 0. The van der Waals surface area contributed by atoms with Crippen LogP contribution in [0.2, 0.25) is 0 Å². The number of benzene rings is 1. The van der Waals surface area contributed by atoms with Gasteiger partial charge in [-0.05, 0) is 42.5 Å². The Morgan fingerprint density at radius 1 is 1.38 bits per heavy atom. The van der Waals surface area contributed by atoms with E-state index in [1.54, 1.807) is 0 Å². The highest BCUT2D eigenvalue weighted by molar-refractivity contribution is 5.90. The van der Waals surface area contributed by atoms with E-state index >= 15 is 0 Å². The van der Waals surface area contributed by atoms with E-state index in [0.717, 1.165) is 18.8 Å². The first-order valence-corrected chi connectivity index (χ1v) is 6.01. The van der Waals surface area contributed by atoms with Crippen molar-refractivity contribution in [3.8, 4) is 0 Å². The standard InChI is InChI=1S/C13H17N3/c14-10-5-4-9-2-1-3-11(12(9)8-10)13-15-6-7-16-13/h4-5,8,11H,1-3,6-7,14H2,(H,15,16). The first-order valence-electron chi connectivity index (χ1n) is 6.01. The van der Waals surface area contributed by atoms with Crippen molar-refractivity contribution in [2.75, 3.05) is 18.8 Å². The van der Waals surface area contributed by atoms with Crippen molar-refractivity contribution < 1.29 is 0 Å². The van der Waals surface area contributed by atoms with Crippen molar-refractivity contribution in [3.05, 3.63) is 29.3 Å². The van der Waals surface area contributed by atoms with Crippen molar-refractivity contribution in [2.24, 2.45) is 4.99 Å². The predicted molar refractivity (Wildman–Crippen MR) is 66.8 cm³/mol. The molecule has 1 atom stereocenters. The topological polar surface area (TPSA) is 50.4 Å². The van der Waals surface area contributed by atoms with Crippen LogP contribution >= 0.6 is 0 Å². The Morgan fingerprint density at radius 3 is 3.12 bits per heavy atom. The van der Waals surface area contributed by atoms with E-state index < -0.39 is 0 Å². The molecule has 3 heteroatoms. The van der Waals surface area contributed by atoms with Crippen LogP contribution in [0.15, 0.2) is 23.2 Å². The number of amidine groups is 1. The summed E-state index contributed by atoms with van der Waals surface area (Å²) in [5.74, 6) is 1.63. The summed E-state index contributed by atoms with van der Waals surface area (Å²) in [4.78, 5) is 4.55. The Balaban J connectivity index is 2.01. The van der Waals surface area contributed by atoms with Crippen LogP contribution < -0.4 is 11.1 Å². The number of aliphatic imine (C=N–C) groups is 1. The van der Waals surface area contributed by atoms with E-state index in [0.29, 0.717) is 5.92 Å². The van der Waals surface area contributed by atoms with E-state index in [-0.39, 0.29) is 0 Å². The third-order valence-electron chi connectivity index (χ3n) is 3.51. The molecule has 0 fully saturated rings. The van der Waals surface area contributed by atoms with Gasteiger partial charge in [-0.1, -0.05) is 6.07 Å². The lowest BCUT2D eigenvalue weighted by Crippen LogP contribution is -2.28. The smallest absolute Gasteiger partial charge is 0.104 e. The van der Waals surface area contributed by atoms with Gasteiger partial charge in [0.25, 0.3) is 0 Å². The van der Waals surface area contributed by atoms with Crippen LogP contribution in [-0.4, -0.2) is 18.9 Å². The van der Waals surface area contributed by atoms with Crippen LogP contribution in [0.3, 0.4) is 0 Å². The number of hydrogen-bond donors (Lipinski definition) is 2. The SMILES string of the molecule is Nc1ccc2c(c1)C(C1=NCCN1)CCC2. The lowest BCUT2D eigenvalue weighted by molar-refractivity contribution is 0.642. The summed E-state index contributed by atoms with van der Waals surface area (Å²) < 4.78 is 0. The molecule has 0 saturated carbocycles. The van der Waals surface area contributed by atoms with Crippen LogP contribution in [0.1, 0.15) is 29.9 Å². The van der Waals surface area contributed by atoms with Crippen LogP contribution in [0.4, 0.5) is 5.69 Å². The molecule has 3 nitrogen and oxygen atoms in total. The molecule has 1 aliphatic carbocycles. The van der Waals surface area contributed by atoms with Crippen molar-refractivity contribution >= 4 is 11.5 Å². The van der Waals surface area contributed by atoms with E-state index in [4.69, 9.17) is 5.73 Å². The van der Waals surface area contributed by atoms with Crippen molar-refractivity contribution in [3.63, 3.8) is 0 Å². The Bertz CT molecular complexity index is 437. The van der Waals surface area contributed by atoms with Crippen molar-refractivity contribution in [2.45, 2.75) is 25.2 Å². The van der Waals surface area contributed by atoms with Gasteiger partial charge in [0.2, 0.25) is 0 Å². The van der Waals surface area contributed by atoms with E-state index in [1.165, 1.54) is 36.2 Å². The molecular formula is C13H17N3. The quantitative estimate of drug-likeness (QED) is 0.700. The normalized spacial score (nSPS) is 23.5. The molecule has 0 amide bonds. The van der Waals surface area contributed by atoms with Gasteiger partial charge >= 0.3 is 0 Å². The number of anilines is 1. The average molecular weight is 215 g/mol. The lowest BCUT2D eigenvalue weighted by atomic mass is 9.82. The number of rotatable bonds is 1. The highest BCUT2D eigenvalue weighted by Crippen LogP contribution is 2.33. The average Bonchev–Trinajstić information content (AvgIpc) is 2.81. The summed E-state index contributed by atoms with van der Waals surface area (Å²) in [5, 5.41) is 3.40. The van der Waals surface area contributed by atoms with Gasteiger partial charge in [0.1, 0.15) is 5.84 Å². The van der Waals surface area contributed by atoms with Crippen LogP contribution in [0.5, 0.6) is 0 Å². The zero-order valence-corrected chi connectivity index (χ0v) is 9.37. The number of hydrogen-bond acceptors (Lipinski definition) is 3. The summed E-state index contributed by atoms with van der Waals surface area (Å²) in [6.07, 6.45) is 3.63. The number of fused-ring (bicyclic) bond motifs is 1. The molecule has 0 bridgehead atoms. The van der Waals surface area contributed by atoms with Crippen LogP contribution in [0, 0.1) is 0 Å². The van der Waals surface area contributed by atoms with Gasteiger partial charge in [0, 0.05) is 18.2 Å². The van der Waals surface area contributed by atoms with Gasteiger partial charge in [-0.2, -0.15) is 0 Å². The second-order valence-electron chi connectivity index (χ2n) is 4.60. The molecule has 1 aromatic rings. The van der Waals surface area contributed by atoms with E-state index in [9.17, 15) is 0 Å². The van der Waals surface area contributed by atoms with E-state index in [2.05, 4.69) is 22.4 Å². The minimum Gasteiger partial charge on any atom is -0.399 e. The number of aryl methyl sites for hydroxylation is 1. The first kappa shape index (κ1) is 9.70. The number of nitrogens with one attached hydrogen (secondary N) is 1. The Labute approximate surface area is 95.8 Å². The molecular weight excluding hydrogens is 198 g/mol. The molecule has 2 aliphatic rings. The Hall–Kier alpha value is -1.51. The van der Waals surface area contributed by atoms with Gasteiger partial charge in [-0.25, -0.2) is 0 Å². The van der Waals surface area contributed by atoms with Gasteiger partial charge < -0.3 is 11.1 Å². The van der Waals surface area contributed by atoms with Gasteiger partial charge in [0.15, 0.2) is 0 Å². The summed E-state index contributed by atoms with van der Waals surface area (Å²) in [6.45, 7) is 1.91. The first-order chi connectivity index (χ1) is 7.84. The number of nitrogens with two attached hydrogens (primary N) is 1. The largest absolute Gasteiger partial charge is 0.399 e. The zero-order chi connectivity index (χ0) is 11.0. The molecule has 3 rings (SSSR count). The molecule has 84 valence electrons. The van der Waals surface area contributed by atoms with Crippen LogP contribution in [-0.2, 0) is 6.42 Å². The summed E-state index contributed by atoms with van der Waals surface area (Å²) in [6, 6.07) is 6.30. The molecule has 16 heavy (non-hydrogen) atoms. The molecule has 1 unspecified atom stereocenters. The summed E-state index contributed by atoms with van der Waals surface area (Å²) in [5.41, 5.74) is 9.58. The molecule has 0 saturated heterocycles. The van der Waals surface area contributed by atoms with Gasteiger partial charge in [-0.15, -0.1) is 0 Å². The third kappa shape index (κ3) is 1.56. The van der Waals surface area contributed by atoms with E-state index in [1.807, 2.05) is 6.07 Å². The monoisotopic (exact) mass is 215 g/mol. The maximum atomic E-state index is 5.88. The Morgan fingerprint density at radius 2 is 2.31 bits per heavy atom. The number of nitrogen functional groups attached to an aromatic ring is 1. The van der Waals surface area contributed by atoms with Gasteiger partial charge in [0.05, 0.1) is 6.54 Å². The fraction of sp³-hybridized carbons (Fsp3) is 0.462. The van der Waals surface area contributed by atoms with Gasteiger partial charge in [-0.3, -0.25) is 4.99 Å². The lowest BCUT2D eigenvalue weighted by Gasteiger charge is -2.26.